The minimum Gasteiger partial charge on any atom is -0.435 e. The zero-order valence-corrected chi connectivity index (χ0v) is 46.1. The molecule has 17 aromatic rings. The van der Waals surface area contributed by atoms with Gasteiger partial charge in [0, 0.05) is 96.8 Å². The van der Waals surface area contributed by atoms with Crippen molar-refractivity contribution in [3.63, 3.8) is 0 Å². The molecule has 0 aliphatic rings. The number of nitrogens with zero attached hydrogens (tertiary/aromatic N) is 9. The maximum absolute atomic E-state index is 5.95. The van der Waals surface area contributed by atoms with Crippen molar-refractivity contribution in [2.75, 3.05) is 0 Å². The summed E-state index contributed by atoms with van der Waals surface area (Å²) in [5, 5.41) is 4.81. The predicted molar refractivity (Wildman–Crippen MR) is 347 cm³/mol. The number of benzene rings is 9. The summed E-state index contributed by atoms with van der Waals surface area (Å²) in [5.74, 6) is 1.30. The first-order valence-electron chi connectivity index (χ1n) is 28.6. The van der Waals surface area contributed by atoms with Gasteiger partial charge in [-0.1, -0.05) is 152 Å². The molecular formula is C76H47N9O. The number of aromatic nitrogens is 9. The Labute approximate surface area is 492 Å². The van der Waals surface area contributed by atoms with Gasteiger partial charge in [-0.25, -0.2) is 9.97 Å². The molecule has 0 saturated carbocycles. The molecule has 8 heterocycles. The van der Waals surface area contributed by atoms with Crippen molar-refractivity contribution in [2.45, 2.75) is 0 Å². The lowest BCUT2D eigenvalue weighted by atomic mass is 10.0. The molecule has 0 saturated heterocycles. The zero-order valence-electron chi connectivity index (χ0n) is 46.1. The third-order valence-corrected chi connectivity index (χ3v) is 16.6. The normalized spacial score (nSPS) is 11.7. The summed E-state index contributed by atoms with van der Waals surface area (Å²) in [7, 11) is 0. The van der Waals surface area contributed by atoms with E-state index in [1.807, 2.05) is 104 Å². The summed E-state index contributed by atoms with van der Waals surface area (Å²) in [6.07, 6.45) is 7.59. The molecule has 8 aromatic heterocycles. The van der Waals surface area contributed by atoms with Gasteiger partial charge < -0.3 is 13.6 Å². The van der Waals surface area contributed by atoms with Gasteiger partial charge in [0.25, 0.3) is 0 Å². The molecule has 0 atom stereocenters. The number of fused-ring (bicyclic) bond motifs is 8. The topological polar surface area (TPSA) is 105 Å². The summed E-state index contributed by atoms with van der Waals surface area (Å²) < 4.78 is 12.9. The van der Waals surface area contributed by atoms with E-state index in [4.69, 9.17) is 24.4 Å². The van der Waals surface area contributed by atoms with Gasteiger partial charge in [-0.3, -0.25) is 24.5 Å². The molecule has 10 nitrogen and oxygen atoms in total. The molecule has 402 valence electrons. The van der Waals surface area contributed by atoms with Crippen molar-refractivity contribution in [1.82, 2.24) is 43.6 Å². The van der Waals surface area contributed by atoms with E-state index < -0.39 is 0 Å². The van der Waals surface area contributed by atoms with Gasteiger partial charge in [0.05, 0.1) is 44.5 Å². The Morgan fingerprint density at radius 2 is 0.663 bits per heavy atom. The standard InChI is InChI=1S/C76H47N9O/c1-2-12-56(13-3-1)85-71-20-10-6-16-65(71)81-75(85)67-40-30-54(46-79-67)52-28-38-63(77-44-52)48-22-32-57(33-23-48)83-69-18-8-4-14-59(69)61-36-26-50(42-72(61)83)51-27-37-62-60-15-5-9-19-70(60)84(73(62)43-51)58-34-24-49(25-35-58)64-39-29-53(45-78-64)55-31-41-68(80-47-55)76-82-66-17-7-11-21-74(66)86-76/h1-47H. The Kier molecular flexibility index (Phi) is 11.3. The van der Waals surface area contributed by atoms with E-state index in [2.05, 4.69) is 206 Å². The maximum atomic E-state index is 5.95. The van der Waals surface area contributed by atoms with E-state index in [-0.39, 0.29) is 0 Å². The molecule has 86 heavy (non-hydrogen) atoms. The van der Waals surface area contributed by atoms with Gasteiger partial charge in [-0.05, 0) is 120 Å². The van der Waals surface area contributed by atoms with Crippen LogP contribution in [0.5, 0.6) is 0 Å². The molecule has 0 fully saturated rings. The molecule has 0 radical (unpaired) electrons. The Morgan fingerprint density at radius 1 is 0.256 bits per heavy atom. The quantitative estimate of drug-likeness (QED) is 0.134. The van der Waals surface area contributed by atoms with Crippen LogP contribution in [0, 0.1) is 0 Å². The minimum absolute atomic E-state index is 0.503. The Morgan fingerprint density at radius 3 is 1.17 bits per heavy atom. The van der Waals surface area contributed by atoms with E-state index in [0.29, 0.717) is 11.6 Å². The van der Waals surface area contributed by atoms with Crippen molar-refractivity contribution in [2.24, 2.45) is 0 Å². The first kappa shape index (κ1) is 48.8. The minimum atomic E-state index is 0.503. The molecule has 0 N–H and O–H groups in total. The highest BCUT2D eigenvalue weighted by Gasteiger charge is 2.19. The van der Waals surface area contributed by atoms with Crippen LogP contribution in [0.15, 0.2) is 290 Å². The summed E-state index contributed by atoms with van der Waals surface area (Å²) in [6, 6.07) is 91.3. The molecular weight excluding hydrogens is 1050 g/mol. The van der Waals surface area contributed by atoms with Crippen LogP contribution in [-0.2, 0) is 0 Å². The van der Waals surface area contributed by atoms with Crippen LogP contribution in [0.3, 0.4) is 0 Å². The number of oxazole rings is 1. The number of para-hydroxylation sites is 7. The second kappa shape index (κ2) is 19.9. The van der Waals surface area contributed by atoms with E-state index in [0.717, 1.165) is 129 Å². The molecule has 0 spiro atoms. The van der Waals surface area contributed by atoms with Crippen molar-refractivity contribution in [1.29, 1.82) is 0 Å². The molecule has 17 rings (SSSR count). The molecule has 0 bridgehead atoms. The zero-order chi connectivity index (χ0) is 56.7. The van der Waals surface area contributed by atoms with Crippen LogP contribution in [0.25, 0.3) is 162 Å². The molecule has 0 aliphatic heterocycles. The summed E-state index contributed by atoms with van der Waals surface area (Å²) >= 11 is 0. The number of hydrogen-bond donors (Lipinski definition) is 0. The van der Waals surface area contributed by atoms with Gasteiger partial charge in [0.2, 0.25) is 5.89 Å². The Bertz CT molecular complexity index is 5380. The maximum Gasteiger partial charge on any atom is 0.246 e. The lowest BCUT2D eigenvalue weighted by Crippen LogP contribution is -1.98. The number of rotatable bonds is 10. The Hall–Kier alpha value is -11.9. The van der Waals surface area contributed by atoms with Crippen LogP contribution in [0.2, 0.25) is 0 Å². The number of hydrogen-bond acceptors (Lipinski definition) is 7. The second-order valence-electron chi connectivity index (χ2n) is 21.6. The van der Waals surface area contributed by atoms with E-state index >= 15 is 0 Å². The van der Waals surface area contributed by atoms with Crippen molar-refractivity contribution >= 4 is 65.7 Å². The first-order chi connectivity index (χ1) is 42.6. The number of imidazole rings is 1. The smallest absolute Gasteiger partial charge is 0.246 e. The first-order valence-corrected chi connectivity index (χ1v) is 28.6. The third kappa shape index (κ3) is 8.26. The fraction of sp³-hybridized carbons (Fsp3) is 0. The van der Waals surface area contributed by atoms with Crippen molar-refractivity contribution < 1.29 is 4.42 Å². The lowest BCUT2D eigenvalue weighted by molar-refractivity contribution is 0.617. The molecule has 9 aromatic carbocycles. The third-order valence-electron chi connectivity index (χ3n) is 16.6. The van der Waals surface area contributed by atoms with Gasteiger partial charge in [0.1, 0.15) is 16.9 Å². The summed E-state index contributed by atoms with van der Waals surface area (Å²) in [6.45, 7) is 0. The Balaban J connectivity index is 0.646. The SMILES string of the molecule is c1ccc(-n2c(-c3ccc(-c4ccc(-c5ccc(-n6c7ccccc7c7ccc(-c8ccc9c%10ccccc%10n(-c%10ccc(-c%11ccc(-c%12ccc(-c%13nc%14ccccc%14o%13)nc%12)cn%11)cc%10)c9c8)cc76)cc5)nc4)cn3)nc3ccccc32)cc1. The van der Waals surface area contributed by atoms with Crippen molar-refractivity contribution in [3.05, 3.63) is 286 Å². The molecule has 10 heteroatoms. The summed E-state index contributed by atoms with van der Waals surface area (Å²) in [5.41, 5.74) is 22.8. The van der Waals surface area contributed by atoms with Crippen LogP contribution >= 0.6 is 0 Å². The monoisotopic (exact) mass is 1100 g/mol. The molecule has 0 amide bonds. The highest BCUT2D eigenvalue weighted by atomic mass is 16.3. The predicted octanol–water partition coefficient (Wildman–Crippen LogP) is 18.6. The highest BCUT2D eigenvalue weighted by molar-refractivity contribution is 6.12. The van der Waals surface area contributed by atoms with Gasteiger partial charge in [0.15, 0.2) is 11.4 Å². The average molecular weight is 1100 g/mol. The second-order valence-corrected chi connectivity index (χ2v) is 21.6. The lowest BCUT2D eigenvalue weighted by Gasteiger charge is -2.12. The number of pyridine rings is 4. The van der Waals surface area contributed by atoms with Crippen LogP contribution < -0.4 is 0 Å². The fourth-order valence-electron chi connectivity index (χ4n) is 12.3. The molecule has 0 aliphatic carbocycles. The molecule has 0 unspecified atom stereocenters. The van der Waals surface area contributed by atoms with E-state index in [9.17, 15) is 0 Å². The highest BCUT2D eigenvalue weighted by Crippen LogP contribution is 2.40. The van der Waals surface area contributed by atoms with Crippen LogP contribution in [-0.4, -0.2) is 43.6 Å². The van der Waals surface area contributed by atoms with E-state index in [1.54, 1.807) is 0 Å². The largest absolute Gasteiger partial charge is 0.435 e. The summed E-state index contributed by atoms with van der Waals surface area (Å²) in [4.78, 5) is 29.1. The van der Waals surface area contributed by atoms with E-state index in [1.165, 1.54) is 21.5 Å². The van der Waals surface area contributed by atoms with Gasteiger partial charge in [-0.15, -0.1) is 0 Å². The van der Waals surface area contributed by atoms with Crippen LogP contribution in [0.1, 0.15) is 0 Å². The average Bonchev–Trinajstić information content (AvgIpc) is 2.12. The van der Waals surface area contributed by atoms with Gasteiger partial charge >= 0.3 is 0 Å². The fourth-order valence-corrected chi connectivity index (χ4v) is 12.3. The van der Waals surface area contributed by atoms with Crippen LogP contribution in [0.4, 0.5) is 0 Å². The van der Waals surface area contributed by atoms with Crippen molar-refractivity contribution in [3.8, 4) is 96.1 Å². The van der Waals surface area contributed by atoms with Gasteiger partial charge in [-0.2, -0.15) is 0 Å².